The second-order valence-corrected chi connectivity index (χ2v) is 5.77. The van der Waals surface area contributed by atoms with Crippen molar-refractivity contribution in [3.05, 3.63) is 0 Å². The number of likely N-dealkylation sites (tertiary alicyclic amines) is 1. The molecule has 1 heterocycles. The van der Waals surface area contributed by atoms with Crippen LogP contribution in [0.3, 0.4) is 0 Å². The zero-order valence-electron chi connectivity index (χ0n) is 11.1. The highest BCUT2D eigenvalue weighted by Gasteiger charge is 2.33. The maximum absolute atomic E-state index is 3.61. The summed E-state index contributed by atoms with van der Waals surface area (Å²) in [4.78, 5) is 2.65. The average Bonchev–Trinajstić information content (AvgIpc) is 2.45. The number of hydrogen-bond donors (Lipinski definition) is 1. The fraction of sp³-hybridized carbons (Fsp3) is 1.00. The minimum absolute atomic E-state index is 0.419. The first-order chi connectivity index (χ1) is 6.97. The molecule has 1 N–H and O–H groups in total. The highest BCUT2D eigenvalue weighted by molar-refractivity contribution is 4.90. The fourth-order valence-corrected chi connectivity index (χ4v) is 2.51. The smallest absolute Gasteiger partial charge is 0.0218 e. The third kappa shape index (κ3) is 3.46. The first-order valence-electron chi connectivity index (χ1n) is 6.46. The van der Waals surface area contributed by atoms with Gasteiger partial charge in [0.1, 0.15) is 0 Å². The van der Waals surface area contributed by atoms with Gasteiger partial charge in [-0.2, -0.15) is 0 Å². The molecule has 1 aliphatic rings. The van der Waals surface area contributed by atoms with Gasteiger partial charge in [-0.15, -0.1) is 0 Å². The van der Waals surface area contributed by atoms with Gasteiger partial charge in [-0.25, -0.2) is 0 Å². The van der Waals surface area contributed by atoms with Crippen LogP contribution < -0.4 is 5.32 Å². The molecule has 2 nitrogen and oxygen atoms in total. The molecule has 0 aromatic rings. The third-order valence-electron chi connectivity index (χ3n) is 3.76. The Morgan fingerprint density at radius 2 is 2.00 bits per heavy atom. The van der Waals surface area contributed by atoms with Gasteiger partial charge >= 0.3 is 0 Å². The van der Waals surface area contributed by atoms with Gasteiger partial charge in [-0.3, -0.25) is 4.90 Å². The molecular formula is C13H28N2. The molecule has 0 aromatic heterocycles. The molecule has 0 saturated carbocycles. The van der Waals surface area contributed by atoms with Gasteiger partial charge in [0.05, 0.1) is 0 Å². The SMILES string of the molecule is CCNC(CN1CCCC1(C)C)C(C)C. The van der Waals surface area contributed by atoms with E-state index in [4.69, 9.17) is 0 Å². The Kier molecular flexibility index (Phi) is 4.60. The Morgan fingerprint density at radius 1 is 1.33 bits per heavy atom. The summed E-state index contributed by atoms with van der Waals surface area (Å²) >= 11 is 0. The normalized spacial score (nSPS) is 23.6. The van der Waals surface area contributed by atoms with Crippen molar-refractivity contribution in [1.82, 2.24) is 10.2 Å². The lowest BCUT2D eigenvalue weighted by Gasteiger charge is -2.36. The number of likely N-dealkylation sites (N-methyl/N-ethyl adjacent to an activating group) is 1. The Morgan fingerprint density at radius 3 is 2.40 bits per heavy atom. The molecule has 90 valence electrons. The molecule has 0 radical (unpaired) electrons. The van der Waals surface area contributed by atoms with E-state index >= 15 is 0 Å². The van der Waals surface area contributed by atoms with Crippen LogP contribution >= 0.6 is 0 Å². The van der Waals surface area contributed by atoms with Gasteiger partial charge in [-0.1, -0.05) is 20.8 Å². The van der Waals surface area contributed by atoms with Crippen molar-refractivity contribution in [2.24, 2.45) is 5.92 Å². The van der Waals surface area contributed by atoms with Crippen LogP contribution in [0, 0.1) is 5.92 Å². The monoisotopic (exact) mass is 212 g/mol. The largest absolute Gasteiger partial charge is 0.313 e. The second kappa shape index (κ2) is 5.31. The Balaban J connectivity index is 2.50. The van der Waals surface area contributed by atoms with Crippen molar-refractivity contribution in [3.8, 4) is 0 Å². The van der Waals surface area contributed by atoms with E-state index in [-0.39, 0.29) is 0 Å². The van der Waals surface area contributed by atoms with E-state index in [2.05, 4.69) is 44.8 Å². The molecule has 1 atom stereocenters. The summed E-state index contributed by atoms with van der Waals surface area (Å²) in [5.74, 6) is 0.723. The predicted molar refractivity (Wildman–Crippen MR) is 67.2 cm³/mol. The van der Waals surface area contributed by atoms with E-state index in [1.54, 1.807) is 0 Å². The number of rotatable bonds is 5. The molecule has 1 fully saturated rings. The van der Waals surface area contributed by atoms with E-state index in [9.17, 15) is 0 Å². The van der Waals surface area contributed by atoms with Gasteiger partial charge in [-0.05, 0) is 45.7 Å². The summed E-state index contributed by atoms with van der Waals surface area (Å²) < 4.78 is 0. The van der Waals surface area contributed by atoms with Crippen LogP contribution in [0.15, 0.2) is 0 Å². The molecule has 1 rings (SSSR count). The number of nitrogens with zero attached hydrogens (tertiary/aromatic N) is 1. The number of nitrogens with one attached hydrogen (secondary N) is 1. The van der Waals surface area contributed by atoms with Crippen LogP contribution in [-0.4, -0.2) is 36.1 Å². The summed E-state index contributed by atoms with van der Waals surface area (Å²) in [5.41, 5.74) is 0.419. The fourth-order valence-electron chi connectivity index (χ4n) is 2.51. The molecule has 0 amide bonds. The maximum atomic E-state index is 3.61. The molecule has 0 aromatic carbocycles. The van der Waals surface area contributed by atoms with Gasteiger partial charge in [0.15, 0.2) is 0 Å². The van der Waals surface area contributed by atoms with Crippen LogP contribution in [0.1, 0.15) is 47.5 Å². The predicted octanol–water partition coefficient (Wildman–Crippen LogP) is 2.49. The molecule has 15 heavy (non-hydrogen) atoms. The Hall–Kier alpha value is -0.0800. The third-order valence-corrected chi connectivity index (χ3v) is 3.76. The van der Waals surface area contributed by atoms with Gasteiger partial charge < -0.3 is 5.32 Å². The van der Waals surface area contributed by atoms with E-state index in [0.717, 1.165) is 12.5 Å². The topological polar surface area (TPSA) is 15.3 Å². The Bertz CT molecular complexity index is 187. The zero-order chi connectivity index (χ0) is 11.5. The van der Waals surface area contributed by atoms with E-state index < -0.39 is 0 Å². The molecular weight excluding hydrogens is 184 g/mol. The van der Waals surface area contributed by atoms with Crippen LogP contribution in [0.2, 0.25) is 0 Å². The lowest BCUT2D eigenvalue weighted by atomic mass is 9.99. The maximum Gasteiger partial charge on any atom is 0.0218 e. The van der Waals surface area contributed by atoms with Crippen LogP contribution in [0.5, 0.6) is 0 Å². The van der Waals surface area contributed by atoms with Gasteiger partial charge in [0.25, 0.3) is 0 Å². The van der Waals surface area contributed by atoms with Crippen molar-refractivity contribution in [2.75, 3.05) is 19.6 Å². The standard InChI is InChI=1S/C13H28N2/c1-6-14-12(11(2)3)10-15-9-7-8-13(15,4)5/h11-12,14H,6-10H2,1-5H3. The second-order valence-electron chi connectivity index (χ2n) is 5.77. The van der Waals surface area contributed by atoms with E-state index in [1.807, 2.05) is 0 Å². The minimum Gasteiger partial charge on any atom is -0.313 e. The summed E-state index contributed by atoms with van der Waals surface area (Å²) in [5, 5.41) is 3.61. The molecule has 2 heteroatoms. The summed E-state index contributed by atoms with van der Waals surface area (Å²) in [7, 11) is 0. The quantitative estimate of drug-likeness (QED) is 0.753. The van der Waals surface area contributed by atoms with Gasteiger partial charge in [0.2, 0.25) is 0 Å². The van der Waals surface area contributed by atoms with Crippen molar-refractivity contribution in [1.29, 1.82) is 0 Å². The van der Waals surface area contributed by atoms with Gasteiger partial charge in [0, 0.05) is 18.1 Å². The lowest BCUT2D eigenvalue weighted by Crippen LogP contribution is -2.49. The van der Waals surface area contributed by atoms with E-state index in [1.165, 1.54) is 25.9 Å². The first-order valence-corrected chi connectivity index (χ1v) is 6.46. The summed E-state index contributed by atoms with van der Waals surface area (Å²) in [6, 6.07) is 0.646. The van der Waals surface area contributed by atoms with Crippen LogP contribution in [0.25, 0.3) is 0 Å². The van der Waals surface area contributed by atoms with Crippen molar-refractivity contribution < 1.29 is 0 Å². The summed E-state index contributed by atoms with van der Waals surface area (Å²) in [6.45, 7) is 15.2. The number of hydrogen-bond acceptors (Lipinski definition) is 2. The first kappa shape index (κ1) is 13.0. The molecule has 1 unspecified atom stereocenters. The van der Waals surface area contributed by atoms with Crippen molar-refractivity contribution in [2.45, 2.75) is 59.0 Å². The molecule has 1 saturated heterocycles. The van der Waals surface area contributed by atoms with Crippen LogP contribution in [-0.2, 0) is 0 Å². The van der Waals surface area contributed by atoms with Crippen molar-refractivity contribution in [3.63, 3.8) is 0 Å². The van der Waals surface area contributed by atoms with E-state index in [0.29, 0.717) is 11.6 Å². The average molecular weight is 212 g/mol. The van der Waals surface area contributed by atoms with Crippen molar-refractivity contribution >= 4 is 0 Å². The minimum atomic E-state index is 0.419. The Labute approximate surface area is 95.4 Å². The molecule has 1 aliphatic heterocycles. The molecule has 0 aliphatic carbocycles. The molecule has 0 spiro atoms. The summed E-state index contributed by atoms with van der Waals surface area (Å²) in [6.07, 6.45) is 2.72. The highest BCUT2D eigenvalue weighted by atomic mass is 15.2. The highest BCUT2D eigenvalue weighted by Crippen LogP contribution is 2.28. The zero-order valence-corrected chi connectivity index (χ0v) is 11.1. The lowest BCUT2D eigenvalue weighted by molar-refractivity contribution is 0.144. The molecule has 0 bridgehead atoms. The van der Waals surface area contributed by atoms with Crippen LogP contribution in [0.4, 0.5) is 0 Å².